The van der Waals surface area contributed by atoms with Gasteiger partial charge in [-0.15, -0.1) is 0 Å². The van der Waals surface area contributed by atoms with E-state index in [2.05, 4.69) is 27.0 Å². The number of aromatic nitrogens is 2. The van der Waals surface area contributed by atoms with Crippen LogP contribution in [0.1, 0.15) is 51.4 Å². The number of aromatic amines is 1. The molecule has 1 aromatic carbocycles. The van der Waals surface area contributed by atoms with E-state index in [-0.39, 0.29) is 11.8 Å². The lowest BCUT2D eigenvalue weighted by atomic mass is 9.97. The number of fused-ring (bicyclic) bond motifs is 1. The van der Waals surface area contributed by atoms with Crippen LogP contribution in [0, 0.1) is 5.92 Å². The number of H-pyrrole nitrogens is 1. The molecule has 0 spiro atoms. The van der Waals surface area contributed by atoms with Gasteiger partial charge < -0.3 is 15.2 Å². The van der Waals surface area contributed by atoms with Crippen LogP contribution in [-0.4, -0.2) is 46.5 Å². The molecule has 4 rings (SSSR count). The van der Waals surface area contributed by atoms with Gasteiger partial charge in [-0.2, -0.15) is 11.8 Å². The molecule has 2 aliphatic rings. The van der Waals surface area contributed by atoms with E-state index in [0.717, 1.165) is 61.1 Å². The predicted octanol–water partition coefficient (Wildman–Crippen LogP) is 4.35. The van der Waals surface area contributed by atoms with Gasteiger partial charge in [-0.1, -0.05) is 31.4 Å². The standard InChI is InChI=1S/C22H32N4OS/c27-21(23-13-7-15-28-18-9-2-1-3-10-18)17-8-6-14-26(16-17)22-24-19-11-4-5-12-20(19)25-22/h4-5,11-12,17-18H,1-3,6-10,13-16H2,(H,23,27)(H,24,25). The van der Waals surface area contributed by atoms with Gasteiger partial charge in [-0.3, -0.25) is 4.79 Å². The number of hydrogen-bond donors (Lipinski definition) is 2. The van der Waals surface area contributed by atoms with Gasteiger partial charge in [0.05, 0.1) is 17.0 Å². The average Bonchev–Trinajstić information content (AvgIpc) is 3.19. The Morgan fingerprint density at radius 3 is 2.89 bits per heavy atom. The van der Waals surface area contributed by atoms with Crippen LogP contribution in [0.4, 0.5) is 5.95 Å². The Kier molecular flexibility index (Phi) is 6.78. The maximum atomic E-state index is 12.6. The minimum atomic E-state index is 0.0629. The summed E-state index contributed by atoms with van der Waals surface area (Å²) in [4.78, 5) is 23.0. The van der Waals surface area contributed by atoms with Gasteiger partial charge >= 0.3 is 0 Å². The molecular formula is C22H32N4OS. The second-order valence-corrected chi connectivity index (χ2v) is 9.55. The molecule has 2 heterocycles. The first-order valence-corrected chi connectivity index (χ1v) is 11.9. The molecule has 2 fully saturated rings. The van der Waals surface area contributed by atoms with Crippen molar-refractivity contribution in [1.29, 1.82) is 0 Å². The van der Waals surface area contributed by atoms with Crippen molar-refractivity contribution >= 4 is 34.7 Å². The first-order chi connectivity index (χ1) is 13.8. The number of carbonyl (C=O) groups is 1. The average molecular weight is 401 g/mol. The molecule has 28 heavy (non-hydrogen) atoms. The highest BCUT2D eigenvalue weighted by Gasteiger charge is 2.27. The molecule has 1 atom stereocenters. The van der Waals surface area contributed by atoms with Crippen molar-refractivity contribution in [1.82, 2.24) is 15.3 Å². The van der Waals surface area contributed by atoms with E-state index in [0.29, 0.717) is 0 Å². The monoisotopic (exact) mass is 400 g/mol. The van der Waals surface area contributed by atoms with Crippen LogP contribution >= 0.6 is 11.8 Å². The maximum absolute atomic E-state index is 12.6. The van der Waals surface area contributed by atoms with Crippen molar-refractivity contribution in [3.63, 3.8) is 0 Å². The molecular weight excluding hydrogens is 368 g/mol. The number of hydrogen-bond acceptors (Lipinski definition) is 4. The molecule has 1 unspecified atom stereocenters. The van der Waals surface area contributed by atoms with Gasteiger partial charge in [0.2, 0.25) is 11.9 Å². The van der Waals surface area contributed by atoms with Crippen LogP contribution in [0.5, 0.6) is 0 Å². The zero-order chi connectivity index (χ0) is 19.2. The molecule has 2 aromatic rings. The summed E-state index contributed by atoms with van der Waals surface area (Å²) in [5.41, 5.74) is 2.04. The minimum Gasteiger partial charge on any atom is -0.356 e. The molecule has 0 radical (unpaired) electrons. The van der Waals surface area contributed by atoms with E-state index in [1.54, 1.807) is 0 Å². The third-order valence-corrected chi connectivity index (χ3v) is 7.46. The molecule has 1 aliphatic carbocycles. The second-order valence-electron chi connectivity index (χ2n) is 8.14. The number of benzene rings is 1. The number of rotatable bonds is 7. The zero-order valence-corrected chi connectivity index (χ0v) is 17.5. The fourth-order valence-electron chi connectivity index (χ4n) is 4.38. The Morgan fingerprint density at radius 1 is 1.18 bits per heavy atom. The number of piperidine rings is 1. The summed E-state index contributed by atoms with van der Waals surface area (Å²) in [6.07, 6.45) is 10.1. The lowest BCUT2D eigenvalue weighted by Gasteiger charge is -2.31. The Morgan fingerprint density at radius 2 is 2.04 bits per heavy atom. The molecule has 1 saturated carbocycles. The predicted molar refractivity (Wildman–Crippen MR) is 118 cm³/mol. The van der Waals surface area contributed by atoms with Gasteiger partial charge in [-0.25, -0.2) is 4.98 Å². The first-order valence-electron chi connectivity index (χ1n) is 10.9. The van der Waals surface area contributed by atoms with Crippen LogP contribution in [0.25, 0.3) is 11.0 Å². The quantitative estimate of drug-likeness (QED) is 0.678. The maximum Gasteiger partial charge on any atom is 0.224 e. The van der Waals surface area contributed by atoms with E-state index < -0.39 is 0 Å². The van der Waals surface area contributed by atoms with Crippen LogP contribution < -0.4 is 10.2 Å². The van der Waals surface area contributed by atoms with Crippen LogP contribution in [0.15, 0.2) is 24.3 Å². The van der Waals surface area contributed by atoms with E-state index in [4.69, 9.17) is 4.98 Å². The highest BCUT2D eigenvalue weighted by Crippen LogP contribution is 2.28. The molecule has 152 valence electrons. The first kappa shape index (κ1) is 19.6. The van der Waals surface area contributed by atoms with Crippen LogP contribution in [-0.2, 0) is 4.79 Å². The summed E-state index contributed by atoms with van der Waals surface area (Å²) in [5, 5.41) is 4.04. The summed E-state index contributed by atoms with van der Waals surface area (Å²) < 4.78 is 0. The third kappa shape index (κ3) is 5.02. The number of anilines is 1. The van der Waals surface area contributed by atoms with Crippen molar-refractivity contribution in [2.24, 2.45) is 5.92 Å². The number of imidazole rings is 1. The molecule has 1 aromatic heterocycles. The van der Waals surface area contributed by atoms with Gasteiger partial charge in [0.1, 0.15) is 0 Å². The van der Waals surface area contributed by atoms with Crippen molar-refractivity contribution in [2.75, 3.05) is 30.3 Å². The molecule has 1 saturated heterocycles. The van der Waals surface area contributed by atoms with Crippen molar-refractivity contribution < 1.29 is 4.79 Å². The normalized spacial score (nSPS) is 21.1. The van der Waals surface area contributed by atoms with Crippen molar-refractivity contribution in [3.05, 3.63) is 24.3 Å². The SMILES string of the molecule is O=C(NCCCSC1CCCCC1)C1CCCN(c2nc3ccccc3[nH]2)C1. The second kappa shape index (κ2) is 9.68. The summed E-state index contributed by atoms with van der Waals surface area (Å²) in [6, 6.07) is 8.09. The molecule has 1 amide bonds. The van der Waals surface area contributed by atoms with E-state index in [9.17, 15) is 4.79 Å². The molecule has 1 aliphatic heterocycles. The Hall–Kier alpha value is -1.69. The number of nitrogens with one attached hydrogen (secondary N) is 2. The van der Waals surface area contributed by atoms with Gasteiger partial charge in [0.25, 0.3) is 0 Å². The summed E-state index contributed by atoms with van der Waals surface area (Å²) in [5.74, 6) is 2.33. The molecule has 5 nitrogen and oxygen atoms in total. The summed E-state index contributed by atoms with van der Waals surface area (Å²) >= 11 is 2.11. The van der Waals surface area contributed by atoms with E-state index >= 15 is 0 Å². The van der Waals surface area contributed by atoms with Gasteiger partial charge in [0, 0.05) is 24.9 Å². The summed E-state index contributed by atoms with van der Waals surface area (Å²) in [6.45, 7) is 2.52. The molecule has 0 bridgehead atoms. The number of nitrogens with zero attached hydrogens (tertiary/aromatic N) is 2. The number of para-hydroxylation sites is 2. The van der Waals surface area contributed by atoms with Gasteiger partial charge in [0.15, 0.2) is 0 Å². The van der Waals surface area contributed by atoms with E-state index in [1.807, 2.05) is 24.3 Å². The van der Waals surface area contributed by atoms with Crippen LogP contribution in [0.3, 0.4) is 0 Å². The molecule has 6 heteroatoms. The lowest BCUT2D eigenvalue weighted by Crippen LogP contribution is -2.43. The minimum absolute atomic E-state index is 0.0629. The zero-order valence-electron chi connectivity index (χ0n) is 16.7. The Labute approximate surface area is 172 Å². The smallest absolute Gasteiger partial charge is 0.224 e. The van der Waals surface area contributed by atoms with Crippen LogP contribution in [0.2, 0.25) is 0 Å². The largest absolute Gasteiger partial charge is 0.356 e. The topological polar surface area (TPSA) is 61.0 Å². The highest BCUT2D eigenvalue weighted by atomic mass is 32.2. The van der Waals surface area contributed by atoms with Crippen molar-refractivity contribution in [2.45, 2.75) is 56.6 Å². The van der Waals surface area contributed by atoms with E-state index in [1.165, 1.54) is 37.9 Å². The highest BCUT2D eigenvalue weighted by molar-refractivity contribution is 7.99. The van der Waals surface area contributed by atoms with Crippen molar-refractivity contribution in [3.8, 4) is 0 Å². The third-order valence-electron chi connectivity index (χ3n) is 5.99. The number of carbonyl (C=O) groups excluding carboxylic acids is 1. The number of thioether (sulfide) groups is 1. The molecule has 2 N–H and O–H groups in total. The number of amides is 1. The fourth-order valence-corrected chi connectivity index (χ4v) is 5.69. The Bertz CT molecular complexity index is 738. The summed E-state index contributed by atoms with van der Waals surface area (Å²) in [7, 11) is 0. The fraction of sp³-hybridized carbons (Fsp3) is 0.636. The Balaban J connectivity index is 1.21. The lowest BCUT2D eigenvalue weighted by molar-refractivity contribution is -0.125. The van der Waals surface area contributed by atoms with Gasteiger partial charge in [-0.05, 0) is 50.0 Å².